The van der Waals surface area contributed by atoms with Crippen molar-refractivity contribution in [3.8, 4) is 0 Å². The fraction of sp³-hybridized carbons (Fsp3) is 0.600. The summed E-state index contributed by atoms with van der Waals surface area (Å²) in [6, 6.07) is 8.19. The first-order valence-electron chi connectivity index (χ1n) is 7.24. The molecule has 19 heavy (non-hydrogen) atoms. The third-order valence-electron chi connectivity index (χ3n) is 4.43. The lowest BCUT2D eigenvalue weighted by Gasteiger charge is -2.32. The maximum absolute atomic E-state index is 12.7. The minimum atomic E-state index is -3.09. The summed E-state index contributed by atoms with van der Waals surface area (Å²) in [5.41, 5.74) is 2.48. The molecule has 0 unspecified atom stereocenters. The highest BCUT2D eigenvalue weighted by molar-refractivity contribution is 7.89. The van der Waals surface area contributed by atoms with Gasteiger partial charge in [0.05, 0.1) is 5.25 Å². The Morgan fingerprint density at radius 3 is 2.42 bits per heavy atom. The maximum atomic E-state index is 12.7. The molecule has 1 aromatic rings. The highest BCUT2D eigenvalue weighted by atomic mass is 32.2. The zero-order valence-corrected chi connectivity index (χ0v) is 12.0. The summed E-state index contributed by atoms with van der Waals surface area (Å²) in [4.78, 5) is 0. The van der Waals surface area contributed by atoms with E-state index in [1.54, 1.807) is 4.31 Å². The van der Waals surface area contributed by atoms with Gasteiger partial charge in [0.1, 0.15) is 0 Å². The van der Waals surface area contributed by atoms with Crippen LogP contribution >= 0.6 is 0 Å². The predicted octanol–water partition coefficient (Wildman–Crippen LogP) is 2.71. The van der Waals surface area contributed by atoms with Gasteiger partial charge in [-0.05, 0) is 30.4 Å². The van der Waals surface area contributed by atoms with Crippen molar-refractivity contribution in [2.24, 2.45) is 0 Å². The Morgan fingerprint density at radius 2 is 1.68 bits per heavy atom. The van der Waals surface area contributed by atoms with Gasteiger partial charge in [-0.15, -0.1) is 0 Å². The molecule has 1 saturated carbocycles. The molecule has 0 radical (unpaired) electrons. The van der Waals surface area contributed by atoms with Crippen LogP contribution in [0.15, 0.2) is 24.3 Å². The molecule has 2 aliphatic rings. The van der Waals surface area contributed by atoms with Gasteiger partial charge in [0, 0.05) is 13.1 Å². The predicted molar refractivity (Wildman–Crippen MR) is 76.3 cm³/mol. The smallest absolute Gasteiger partial charge is 0.212 e. The van der Waals surface area contributed by atoms with Crippen LogP contribution in [0.2, 0.25) is 0 Å². The summed E-state index contributed by atoms with van der Waals surface area (Å²) in [6.45, 7) is 1.21. The van der Waals surface area contributed by atoms with E-state index in [0.717, 1.165) is 32.1 Å². The molecule has 3 rings (SSSR count). The Morgan fingerprint density at radius 1 is 1.00 bits per heavy atom. The minimum Gasteiger partial charge on any atom is -0.212 e. The zero-order chi connectivity index (χ0) is 13.3. The average Bonchev–Trinajstić information content (AvgIpc) is 2.47. The van der Waals surface area contributed by atoms with Gasteiger partial charge in [0.15, 0.2) is 0 Å². The Hall–Kier alpha value is -0.870. The topological polar surface area (TPSA) is 37.4 Å². The third-order valence-corrected chi connectivity index (χ3v) is 6.77. The van der Waals surface area contributed by atoms with Gasteiger partial charge >= 0.3 is 0 Å². The standard InChI is InChI=1S/C15H21NO2S/c17-19(18,15-8-2-1-3-9-15)16-11-10-13-6-4-5-7-14(13)12-16/h4-7,15H,1-3,8-12H2. The Labute approximate surface area is 115 Å². The van der Waals surface area contributed by atoms with Gasteiger partial charge in [-0.2, -0.15) is 4.31 Å². The summed E-state index contributed by atoms with van der Waals surface area (Å²) in [6.07, 6.45) is 5.86. The lowest BCUT2D eigenvalue weighted by atomic mass is 10.0. The zero-order valence-electron chi connectivity index (χ0n) is 11.2. The summed E-state index contributed by atoms with van der Waals surface area (Å²) >= 11 is 0. The average molecular weight is 279 g/mol. The van der Waals surface area contributed by atoms with Crippen LogP contribution in [0.1, 0.15) is 43.2 Å². The van der Waals surface area contributed by atoms with E-state index < -0.39 is 10.0 Å². The monoisotopic (exact) mass is 279 g/mol. The lowest BCUT2D eigenvalue weighted by Crippen LogP contribution is -2.42. The second kappa shape index (κ2) is 5.25. The first kappa shape index (κ1) is 13.1. The van der Waals surface area contributed by atoms with Crippen LogP contribution in [0.25, 0.3) is 0 Å². The Balaban J connectivity index is 1.80. The summed E-state index contributed by atoms with van der Waals surface area (Å²) in [5.74, 6) is 0. The normalized spacial score (nSPS) is 22.1. The number of sulfonamides is 1. The van der Waals surface area contributed by atoms with Crippen LogP contribution in [0.3, 0.4) is 0 Å². The SMILES string of the molecule is O=S(=O)(C1CCCCC1)N1CCc2ccccc2C1. The first-order valence-corrected chi connectivity index (χ1v) is 8.74. The van der Waals surface area contributed by atoms with Crippen molar-refractivity contribution in [3.63, 3.8) is 0 Å². The molecule has 1 aromatic carbocycles. The molecular formula is C15H21NO2S. The molecule has 0 aromatic heterocycles. The highest BCUT2D eigenvalue weighted by Crippen LogP contribution is 2.29. The number of fused-ring (bicyclic) bond motifs is 1. The Kier molecular flexibility index (Phi) is 3.63. The van der Waals surface area contributed by atoms with Crippen molar-refractivity contribution >= 4 is 10.0 Å². The quantitative estimate of drug-likeness (QED) is 0.834. The molecule has 0 amide bonds. The minimum absolute atomic E-state index is 0.133. The van der Waals surface area contributed by atoms with E-state index in [-0.39, 0.29) is 5.25 Å². The van der Waals surface area contributed by atoms with Gasteiger partial charge in [0.25, 0.3) is 0 Å². The molecule has 0 spiro atoms. The van der Waals surface area contributed by atoms with E-state index in [1.807, 2.05) is 12.1 Å². The number of hydrogen-bond donors (Lipinski definition) is 0. The summed E-state index contributed by atoms with van der Waals surface area (Å²) in [7, 11) is -3.09. The first-order chi connectivity index (χ1) is 9.18. The molecule has 0 bridgehead atoms. The van der Waals surface area contributed by atoms with Crippen molar-refractivity contribution in [2.75, 3.05) is 6.54 Å². The van der Waals surface area contributed by atoms with Crippen molar-refractivity contribution in [1.29, 1.82) is 0 Å². The second-order valence-electron chi connectivity index (χ2n) is 5.66. The summed E-state index contributed by atoms with van der Waals surface area (Å²) < 4.78 is 27.1. The number of benzene rings is 1. The fourth-order valence-electron chi connectivity index (χ4n) is 3.26. The molecule has 1 fully saturated rings. The highest BCUT2D eigenvalue weighted by Gasteiger charge is 2.34. The van der Waals surface area contributed by atoms with Crippen LogP contribution in [-0.2, 0) is 23.0 Å². The molecule has 0 saturated heterocycles. The van der Waals surface area contributed by atoms with Crippen molar-refractivity contribution in [1.82, 2.24) is 4.31 Å². The maximum Gasteiger partial charge on any atom is 0.217 e. The number of hydrogen-bond acceptors (Lipinski definition) is 2. The van der Waals surface area contributed by atoms with E-state index in [4.69, 9.17) is 0 Å². The van der Waals surface area contributed by atoms with Crippen LogP contribution in [0.5, 0.6) is 0 Å². The van der Waals surface area contributed by atoms with Gasteiger partial charge in [-0.3, -0.25) is 0 Å². The molecular weight excluding hydrogens is 258 g/mol. The third kappa shape index (κ3) is 2.56. The van der Waals surface area contributed by atoms with Crippen molar-refractivity contribution in [3.05, 3.63) is 35.4 Å². The van der Waals surface area contributed by atoms with E-state index in [2.05, 4.69) is 12.1 Å². The number of rotatable bonds is 2. The molecule has 104 valence electrons. The van der Waals surface area contributed by atoms with Gasteiger partial charge < -0.3 is 0 Å². The van der Waals surface area contributed by atoms with E-state index in [9.17, 15) is 8.42 Å². The Bertz CT molecular complexity index is 547. The van der Waals surface area contributed by atoms with Crippen molar-refractivity contribution in [2.45, 2.75) is 50.3 Å². The molecule has 3 nitrogen and oxygen atoms in total. The fourth-order valence-corrected chi connectivity index (χ4v) is 5.28. The summed E-state index contributed by atoms with van der Waals surface area (Å²) in [5, 5.41) is -0.133. The van der Waals surface area contributed by atoms with Gasteiger partial charge in [-0.25, -0.2) is 8.42 Å². The molecule has 1 aliphatic carbocycles. The van der Waals surface area contributed by atoms with Crippen LogP contribution in [0.4, 0.5) is 0 Å². The molecule has 0 atom stereocenters. The van der Waals surface area contributed by atoms with Crippen LogP contribution in [-0.4, -0.2) is 24.5 Å². The molecule has 0 N–H and O–H groups in total. The van der Waals surface area contributed by atoms with Crippen molar-refractivity contribution < 1.29 is 8.42 Å². The largest absolute Gasteiger partial charge is 0.217 e. The lowest BCUT2D eigenvalue weighted by molar-refractivity contribution is 0.371. The van der Waals surface area contributed by atoms with E-state index >= 15 is 0 Å². The molecule has 1 heterocycles. The number of nitrogens with zero attached hydrogens (tertiary/aromatic N) is 1. The van der Waals surface area contributed by atoms with E-state index in [0.29, 0.717) is 13.1 Å². The molecule has 1 aliphatic heterocycles. The van der Waals surface area contributed by atoms with Crippen LogP contribution < -0.4 is 0 Å². The van der Waals surface area contributed by atoms with E-state index in [1.165, 1.54) is 17.5 Å². The van der Waals surface area contributed by atoms with Crippen LogP contribution in [0, 0.1) is 0 Å². The second-order valence-corrected chi connectivity index (χ2v) is 7.87. The van der Waals surface area contributed by atoms with Gasteiger partial charge in [0.2, 0.25) is 10.0 Å². The van der Waals surface area contributed by atoms with Gasteiger partial charge in [-0.1, -0.05) is 43.5 Å². The molecule has 4 heteroatoms.